The molecule has 1 aromatic heterocycles. The van der Waals surface area contributed by atoms with Crippen LogP contribution in [0.5, 0.6) is 0 Å². The first kappa shape index (κ1) is 18.0. The zero-order valence-corrected chi connectivity index (χ0v) is 14.3. The summed E-state index contributed by atoms with van der Waals surface area (Å²) in [6, 6.07) is 10.9. The largest absolute Gasteiger partial charge is 0.465 e. The van der Waals surface area contributed by atoms with Crippen molar-refractivity contribution in [2.24, 2.45) is 0 Å². The summed E-state index contributed by atoms with van der Waals surface area (Å²) < 4.78 is 9.62. The van der Waals surface area contributed by atoms with E-state index in [9.17, 15) is 14.4 Å². The van der Waals surface area contributed by atoms with Crippen molar-refractivity contribution in [3.8, 4) is 0 Å². The van der Waals surface area contributed by atoms with Gasteiger partial charge in [0.1, 0.15) is 0 Å². The fraction of sp³-hybridized carbons (Fsp3) is 0.105. The zero-order chi connectivity index (χ0) is 19.2. The number of rotatable bonds is 5. The molecule has 3 rings (SSSR count). The Morgan fingerprint density at radius 2 is 1.56 bits per heavy atom. The summed E-state index contributed by atoms with van der Waals surface area (Å²) in [7, 11) is 1.29. The van der Waals surface area contributed by atoms with Gasteiger partial charge in [0, 0.05) is 18.1 Å². The number of anilines is 1. The Morgan fingerprint density at radius 3 is 2.26 bits per heavy atom. The first-order chi connectivity index (χ1) is 13.1. The molecule has 2 aromatic carbocycles. The summed E-state index contributed by atoms with van der Waals surface area (Å²) >= 11 is 0. The highest BCUT2D eigenvalue weighted by molar-refractivity contribution is 5.97. The molecule has 1 N–H and O–H groups in total. The second-order valence-corrected chi connectivity index (χ2v) is 5.45. The molecule has 0 bridgehead atoms. The molecule has 1 heterocycles. The number of nitrogens with zero attached hydrogens (tertiary/aromatic N) is 2. The number of carbonyl (C=O) groups excluding carboxylic acids is 3. The Morgan fingerprint density at radius 1 is 0.889 bits per heavy atom. The maximum absolute atomic E-state index is 12.1. The number of esters is 2. The first-order valence-electron chi connectivity index (χ1n) is 7.93. The van der Waals surface area contributed by atoms with Gasteiger partial charge in [-0.3, -0.25) is 14.8 Å². The lowest BCUT2D eigenvalue weighted by molar-refractivity contribution is -0.119. The predicted molar refractivity (Wildman–Crippen MR) is 96.2 cm³/mol. The molecule has 27 heavy (non-hydrogen) atoms. The van der Waals surface area contributed by atoms with Crippen molar-refractivity contribution in [1.29, 1.82) is 0 Å². The molecule has 0 atom stereocenters. The van der Waals surface area contributed by atoms with Gasteiger partial charge in [0.25, 0.3) is 5.91 Å². The van der Waals surface area contributed by atoms with E-state index in [0.717, 1.165) is 0 Å². The van der Waals surface area contributed by atoms with Crippen LogP contribution in [0.2, 0.25) is 0 Å². The van der Waals surface area contributed by atoms with Gasteiger partial charge >= 0.3 is 11.9 Å². The van der Waals surface area contributed by atoms with Crippen molar-refractivity contribution in [3.05, 3.63) is 66.0 Å². The number of hydrogen-bond acceptors (Lipinski definition) is 7. The Balaban J connectivity index is 1.56. The third-order valence-electron chi connectivity index (χ3n) is 3.63. The molecule has 0 radical (unpaired) electrons. The van der Waals surface area contributed by atoms with E-state index >= 15 is 0 Å². The van der Waals surface area contributed by atoms with Crippen LogP contribution in [0.15, 0.2) is 54.9 Å². The van der Waals surface area contributed by atoms with E-state index in [1.54, 1.807) is 36.5 Å². The molecule has 1 amide bonds. The van der Waals surface area contributed by atoms with Gasteiger partial charge in [0.15, 0.2) is 6.61 Å². The summed E-state index contributed by atoms with van der Waals surface area (Å²) in [4.78, 5) is 43.6. The van der Waals surface area contributed by atoms with Gasteiger partial charge in [-0.1, -0.05) is 0 Å². The molecule has 0 spiro atoms. The first-order valence-corrected chi connectivity index (χ1v) is 7.93. The van der Waals surface area contributed by atoms with Crippen LogP contribution in [0.1, 0.15) is 20.7 Å². The summed E-state index contributed by atoms with van der Waals surface area (Å²) in [6.07, 6.45) is 3.08. The van der Waals surface area contributed by atoms with Gasteiger partial charge in [-0.25, -0.2) is 9.59 Å². The minimum Gasteiger partial charge on any atom is -0.465 e. The van der Waals surface area contributed by atoms with Crippen LogP contribution in [-0.2, 0) is 14.3 Å². The quantitative estimate of drug-likeness (QED) is 0.691. The number of methoxy groups -OCH3 is 1. The molecular formula is C19H15N3O5. The minimum atomic E-state index is -0.640. The average molecular weight is 365 g/mol. The molecule has 0 fully saturated rings. The molecule has 0 saturated heterocycles. The highest BCUT2D eigenvalue weighted by atomic mass is 16.5. The second kappa shape index (κ2) is 8.05. The topological polar surface area (TPSA) is 107 Å². The van der Waals surface area contributed by atoms with Crippen LogP contribution < -0.4 is 5.32 Å². The fourth-order valence-corrected chi connectivity index (χ4v) is 2.31. The lowest BCUT2D eigenvalue weighted by Crippen LogP contribution is -2.21. The van der Waals surface area contributed by atoms with Gasteiger partial charge in [-0.05, 0) is 42.5 Å². The van der Waals surface area contributed by atoms with Gasteiger partial charge in [-0.15, -0.1) is 0 Å². The van der Waals surface area contributed by atoms with Crippen LogP contribution in [0, 0.1) is 0 Å². The van der Waals surface area contributed by atoms with Crippen molar-refractivity contribution in [2.45, 2.75) is 0 Å². The number of nitrogens with one attached hydrogen (secondary N) is 1. The van der Waals surface area contributed by atoms with Crippen LogP contribution >= 0.6 is 0 Å². The van der Waals surface area contributed by atoms with Crippen LogP contribution in [0.4, 0.5) is 5.69 Å². The highest BCUT2D eigenvalue weighted by Crippen LogP contribution is 2.13. The number of amides is 1. The van der Waals surface area contributed by atoms with Gasteiger partial charge < -0.3 is 14.8 Å². The molecule has 8 heteroatoms. The lowest BCUT2D eigenvalue weighted by atomic mass is 10.2. The van der Waals surface area contributed by atoms with E-state index in [1.165, 1.54) is 25.4 Å². The Bertz CT molecular complexity index is 1000. The number of hydrogen-bond donors (Lipinski definition) is 1. The molecular weight excluding hydrogens is 350 g/mol. The number of fused-ring (bicyclic) bond motifs is 1. The number of benzene rings is 2. The molecule has 0 unspecified atom stereocenters. The second-order valence-electron chi connectivity index (χ2n) is 5.45. The van der Waals surface area contributed by atoms with E-state index in [2.05, 4.69) is 20.0 Å². The third-order valence-corrected chi connectivity index (χ3v) is 3.63. The highest BCUT2D eigenvalue weighted by Gasteiger charge is 2.12. The molecule has 0 aliphatic rings. The average Bonchev–Trinajstić information content (AvgIpc) is 2.71. The smallest absolute Gasteiger partial charge is 0.338 e. The standard InChI is InChI=1S/C19H15N3O5/c1-26-18(24)12-2-5-14(6-3-12)22-17(23)11-27-19(25)13-4-7-15-16(10-13)21-9-8-20-15/h2-10H,11H2,1H3,(H,22,23). The monoisotopic (exact) mass is 365 g/mol. The number of carbonyl (C=O) groups is 3. The van der Waals surface area contributed by atoms with Crippen molar-refractivity contribution in [3.63, 3.8) is 0 Å². The van der Waals surface area contributed by atoms with E-state index in [4.69, 9.17) is 4.74 Å². The number of ether oxygens (including phenoxy) is 2. The zero-order valence-electron chi connectivity index (χ0n) is 14.3. The van der Waals surface area contributed by atoms with E-state index in [0.29, 0.717) is 22.3 Å². The maximum atomic E-state index is 12.1. The number of aromatic nitrogens is 2. The van der Waals surface area contributed by atoms with Crippen LogP contribution in [0.3, 0.4) is 0 Å². The third kappa shape index (κ3) is 4.43. The Labute approximate surface area is 154 Å². The van der Waals surface area contributed by atoms with Crippen molar-refractivity contribution in [2.75, 3.05) is 19.0 Å². The summed E-state index contributed by atoms with van der Waals surface area (Å²) in [5.41, 5.74) is 2.31. The molecule has 0 aliphatic carbocycles. The van der Waals surface area contributed by atoms with Crippen LogP contribution in [0.25, 0.3) is 11.0 Å². The summed E-state index contributed by atoms with van der Waals surface area (Å²) in [5, 5.41) is 2.57. The molecule has 0 aliphatic heterocycles. The molecule has 136 valence electrons. The van der Waals surface area contributed by atoms with Crippen LogP contribution in [-0.4, -0.2) is 41.5 Å². The van der Waals surface area contributed by atoms with E-state index in [1.807, 2.05) is 0 Å². The molecule has 8 nitrogen and oxygen atoms in total. The summed E-state index contributed by atoms with van der Waals surface area (Å²) in [6.45, 7) is -0.448. The normalized spacial score (nSPS) is 10.3. The maximum Gasteiger partial charge on any atom is 0.338 e. The van der Waals surface area contributed by atoms with Crippen molar-refractivity contribution >= 4 is 34.6 Å². The van der Waals surface area contributed by atoms with Gasteiger partial charge in [-0.2, -0.15) is 0 Å². The Hall–Kier alpha value is -3.81. The predicted octanol–water partition coefficient (Wildman–Crippen LogP) is 2.21. The summed E-state index contributed by atoms with van der Waals surface area (Å²) in [5.74, 6) is -1.62. The lowest BCUT2D eigenvalue weighted by Gasteiger charge is -2.07. The van der Waals surface area contributed by atoms with Crippen molar-refractivity contribution < 1.29 is 23.9 Å². The van der Waals surface area contributed by atoms with E-state index < -0.39 is 24.5 Å². The molecule has 0 saturated carbocycles. The SMILES string of the molecule is COC(=O)c1ccc(NC(=O)COC(=O)c2ccc3nccnc3c2)cc1. The fourth-order valence-electron chi connectivity index (χ4n) is 2.31. The molecule has 3 aromatic rings. The van der Waals surface area contributed by atoms with E-state index in [-0.39, 0.29) is 5.56 Å². The van der Waals surface area contributed by atoms with Gasteiger partial charge in [0.05, 0.1) is 29.3 Å². The van der Waals surface area contributed by atoms with Gasteiger partial charge in [0.2, 0.25) is 0 Å². The Kier molecular flexibility index (Phi) is 5.36. The van der Waals surface area contributed by atoms with Crippen molar-refractivity contribution in [1.82, 2.24) is 9.97 Å². The minimum absolute atomic E-state index is 0.276.